The summed E-state index contributed by atoms with van der Waals surface area (Å²) in [6.45, 7) is 6.08. The zero-order chi connectivity index (χ0) is 19.9. The first-order chi connectivity index (χ1) is 13.6. The number of nitrogens with zero attached hydrogens (tertiary/aromatic N) is 3. The van der Waals surface area contributed by atoms with Gasteiger partial charge < -0.3 is 15.0 Å². The summed E-state index contributed by atoms with van der Waals surface area (Å²) < 4.78 is 5.10. The Morgan fingerprint density at radius 3 is 2.68 bits per heavy atom. The number of hydrogen-bond donors (Lipinski definition) is 2. The number of hydrogen-bond acceptors (Lipinski definition) is 7. The molecule has 1 saturated heterocycles. The molecular formula is C19H31N5O3S. The number of urea groups is 1. The molecule has 2 heterocycles. The van der Waals surface area contributed by atoms with Crippen molar-refractivity contribution in [3.05, 3.63) is 0 Å². The molecule has 0 aromatic carbocycles. The number of rotatable bonds is 6. The molecule has 0 radical (unpaired) electrons. The molecule has 2 aliphatic rings. The van der Waals surface area contributed by atoms with Crippen molar-refractivity contribution in [3.8, 4) is 0 Å². The molecule has 28 heavy (non-hydrogen) atoms. The average Bonchev–Trinajstić information content (AvgIpc) is 3.15. The lowest BCUT2D eigenvalue weighted by Gasteiger charge is -2.32. The van der Waals surface area contributed by atoms with Crippen LogP contribution in [0.5, 0.6) is 0 Å². The molecule has 1 aromatic rings. The molecule has 2 fully saturated rings. The highest BCUT2D eigenvalue weighted by molar-refractivity contribution is 7.19. The largest absolute Gasteiger partial charge is 0.466 e. The van der Waals surface area contributed by atoms with E-state index in [-0.39, 0.29) is 17.9 Å². The quantitative estimate of drug-likeness (QED) is 0.699. The number of esters is 1. The third kappa shape index (κ3) is 5.56. The molecule has 0 spiro atoms. The van der Waals surface area contributed by atoms with Gasteiger partial charge in [0, 0.05) is 19.1 Å². The SMILES string of the molecule is CCOC(=O)C1CCC(CNC(=O)Nc2nnc(N3CCCCC3C)s2)CC1. The number of carbonyl (C=O) groups is 2. The second-order valence-electron chi connectivity index (χ2n) is 7.73. The molecule has 1 atom stereocenters. The molecule has 3 rings (SSSR count). The molecule has 2 N–H and O–H groups in total. The number of ether oxygens (including phenoxy) is 1. The molecule has 1 aromatic heterocycles. The van der Waals surface area contributed by atoms with Gasteiger partial charge >= 0.3 is 12.0 Å². The number of anilines is 2. The Hall–Kier alpha value is -1.90. The van der Waals surface area contributed by atoms with Gasteiger partial charge in [-0.1, -0.05) is 11.3 Å². The predicted molar refractivity (Wildman–Crippen MR) is 110 cm³/mol. The lowest BCUT2D eigenvalue weighted by molar-refractivity contribution is -0.149. The molecule has 1 aliphatic carbocycles. The second kappa shape index (κ2) is 10.0. The van der Waals surface area contributed by atoms with Crippen molar-refractivity contribution in [3.63, 3.8) is 0 Å². The van der Waals surface area contributed by atoms with Crippen molar-refractivity contribution in [2.75, 3.05) is 29.9 Å². The standard InChI is InChI=1S/C19H31N5O3S/c1-3-27-16(25)15-9-7-14(8-10-15)12-20-17(26)21-18-22-23-19(28-18)24-11-5-4-6-13(24)2/h13-15H,3-12H2,1-2H3,(H2,20,21,22,26). The Balaban J connectivity index is 1.39. The van der Waals surface area contributed by atoms with Gasteiger partial charge in [-0.15, -0.1) is 10.2 Å². The van der Waals surface area contributed by atoms with Gasteiger partial charge in [0.05, 0.1) is 12.5 Å². The van der Waals surface area contributed by atoms with Crippen LogP contribution in [0.3, 0.4) is 0 Å². The minimum atomic E-state index is -0.248. The number of nitrogens with one attached hydrogen (secondary N) is 2. The maximum atomic E-state index is 12.2. The Bertz CT molecular complexity index is 660. The van der Waals surface area contributed by atoms with Crippen LogP contribution >= 0.6 is 11.3 Å². The van der Waals surface area contributed by atoms with Crippen molar-refractivity contribution in [2.45, 2.75) is 64.8 Å². The third-order valence-corrected chi connectivity index (χ3v) is 6.58. The van der Waals surface area contributed by atoms with Gasteiger partial charge in [-0.05, 0) is 64.7 Å². The van der Waals surface area contributed by atoms with E-state index in [4.69, 9.17) is 4.74 Å². The fraction of sp³-hybridized carbons (Fsp3) is 0.789. The summed E-state index contributed by atoms with van der Waals surface area (Å²) >= 11 is 1.42. The van der Waals surface area contributed by atoms with Crippen LogP contribution in [0.1, 0.15) is 58.8 Å². The van der Waals surface area contributed by atoms with Crippen molar-refractivity contribution in [2.24, 2.45) is 11.8 Å². The average molecular weight is 410 g/mol. The second-order valence-corrected chi connectivity index (χ2v) is 8.69. The van der Waals surface area contributed by atoms with E-state index in [0.29, 0.717) is 30.2 Å². The van der Waals surface area contributed by atoms with Crippen molar-refractivity contribution < 1.29 is 14.3 Å². The molecule has 8 nitrogen and oxygen atoms in total. The van der Waals surface area contributed by atoms with Crippen molar-refractivity contribution in [1.82, 2.24) is 15.5 Å². The summed E-state index contributed by atoms with van der Waals surface area (Å²) in [4.78, 5) is 26.3. The Labute approximate surface area is 170 Å². The van der Waals surface area contributed by atoms with E-state index in [0.717, 1.165) is 37.4 Å². The first-order valence-corrected chi connectivity index (χ1v) is 11.2. The van der Waals surface area contributed by atoms with Gasteiger partial charge in [0.25, 0.3) is 0 Å². The van der Waals surface area contributed by atoms with Crippen LogP contribution < -0.4 is 15.5 Å². The zero-order valence-electron chi connectivity index (χ0n) is 16.8. The lowest BCUT2D eigenvalue weighted by atomic mass is 9.82. The van der Waals surface area contributed by atoms with Crippen LogP contribution in [0, 0.1) is 11.8 Å². The van der Waals surface area contributed by atoms with E-state index in [2.05, 4.69) is 32.7 Å². The van der Waals surface area contributed by atoms with Gasteiger partial charge in [-0.3, -0.25) is 10.1 Å². The normalized spacial score (nSPS) is 25.2. The molecule has 1 saturated carbocycles. The van der Waals surface area contributed by atoms with E-state index in [9.17, 15) is 9.59 Å². The number of amides is 2. The minimum absolute atomic E-state index is 0.0158. The number of aromatic nitrogens is 2. The van der Waals surface area contributed by atoms with Crippen molar-refractivity contribution in [1.29, 1.82) is 0 Å². The fourth-order valence-corrected chi connectivity index (χ4v) is 4.87. The minimum Gasteiger partial charge on any atom is -0.466 e. The van der Waals surface area contributed by atoms with Crippen LogP contribution in [0.15, 0.2) is 0 Å². The molecule has 156 valence electrons. The van der Waals surface area contributed by atoms with Crippen molar-refractivity contribution >= 4 is 33.6 Å². The van der Waals surface area contributed by atoms with E-state index in [1.807, 2.05) is 6.92 Å². The molecular weight excluding hydrogens is 378 g/mol. The number of piperidine rings is 1. The van der Waals surface area contributed by atoms with Crippen LogP contribution in [-0.4, -0.2) is 47.9 Å². The lowest BCUT2D eigenvalue weighted by Crippen LogP contribution is -2.37. The van der Waals surface area contributed by atoms with E-state index < -0.39 is 0 Å². The highest BCUT2D eigenvalue weighted by Gasteiger charge is 2.27. The fourth-order valence-electron chi connectivity index (χ4n) is 4.01. The Morgan fingerprint density at radius 1 is 1.18 bits per heavy atom. The van der Waals surface area contributed by atoms with E-state index in [1.165, 1.54) is 30.6 Å². The smallest absolute Gasteiger partial charge is 0.321 e. The first-order valence-electron chi connectivity index (χ1n) is 10.4. The summed E-state index contributed by atoms with van der Waals surface area (Å²) in [6.07, 6.45) is 7.12. The van der Waals surface area contributed by atoms with E-state index in [1.54, 1.807) is 0 Å². The topological polar surface area (TPSA) is 96.4 Å². The van der Waals surface area contributed by atoms with Gasteiger partial charge in [0.1, 0.15) is 0 Å². The highest BCUT2D eigenvalue weighted by atomic mass is 32.1. The summed E-state index contributed by atoms with van der Waals surface area (Å²) in [5, 5.41) is 15.5. The molecule has 1 unspecified atom stereocenters. The van der Waals surface area contributed by atoms with Gasteiger partial charge in [0.2, 0.25) is 10.3 Å². The molecule has 2 amide bonds. The van der Waals surface area contributed by atoms with Crippen LogP contribution in [0.2, 0.25) is 0 Å². The van der Waals surface area contributed by atoms with Crippen LogP contribution in [-0.2, 0) is 9.53 Å². The molecule has 9 heteroatoms. The van der Waals surface area contributed by atoms with Crippen LogP contribution in [0.4, 0.5) is 15.1 Å². The Kier molecular flexibility index (Phi) is 7.47. The number of carbonyl (C=O) groups excluding carboxylic acids is 2. The maximum Gasteiger partial charge on any atom is 0.321 e. The van der Waals surface area contributed by atoms with E-state index >= 15 is 0 Å². The summed E-state index contributed by atoms with van der Waals surface area (Å²) in [5.74, 6) is 0.333. The predicted octanol–water partition coefficient (Wildman–Crippen LogP) is 3.41. The highest BCUT2D eigenvalue weighted by Crippen LogP contribution is 2.30. The zero-order valence-corrected chi connectivity index (χ0v) is 17.6. The van der Waals surface area contributed by atoms with Crippen LogP contribution in [0.25, 0.3) is 0 Å². The monoisotopic (exact) mass is 409 g/mol. The third-order valence-electron chi connectivity index (χ3n) is 5.70. The summed E-state index contributed by atoms with van der Waals surface area (Å²) in [5.41, 5.74) is 0. The van der Waals surface area contributed by atoms with Gasteiger partial charge in [0.15, 0.2) is 0 Å². The maximum absolute atomic E-state index is 12.2. The molecule has 1 aliphatic heterocycles. The Morgan fingerprint density at radius 2 is 1.96 bits per heavy atom. The van der Waals surface area contributed by atoms with Gasteiger partial charge in [-0.25, -0.2) is 4.79 Å². The summed E-state index contributed by atoms with van der Waals surface area (Å²) in [7, 11) is 0. The molecule has 0 bridgehead atoms. The van der Waals surface area contributed by atoms with Gasteiger partial charge in [-0.2, -0.15) is 0 Å². The first kappa shape index (κ1) is 20.8. The summed E-state index contributed by atoms with van der Waals surface area (Å²) in [6, 6.07) is 0.218.